The molecule has 0 unspecified atom stereocenters. The largest absolute Gasteiger partial charge is 0.381 e. The third-order valence-electron chi connectivity index (χ3n) is 3.52. The maximum absolute atomic E-state index is 5.47. The quantitative estimate of drug-likeness (QED) is 0.484. The second-order valence-corrected chi connectivity index (χ2v) is 4.49. The van der Waals surface area contributed by atoms with E-state index in [0.29, 0.717) is 5.41 Å². The monoisotopic (exact) mass is 152 g/mol. The highest BCUT2D eigenvalue weighted by Gasteiger charge is 2.37. The van der Waals surface area contributed by atoms with Crippen LogP contribution in [0.1, 0.15) is 19.3 Å². The van der Waals surface area contributed by atoms with E-state index in [9.17, 15) is 0 Å². The maximum atomic E-state index is 5.47. The van der Waals surface area contributed by atoms with Crippen molar-refractivity contribution in [1.82, 2.24) is 0 Å². The predicted octanol–water partition coefficient (Wildman–Crippen LogP) is 2.31. The molecular weight excluding hydrogens is 135 g/mol. The summed E-state index contributed by atoms with van der Waals surface area (Å²) in [5.41, 5.74) is 0.631. The van der Waals surface area contributed by atoms with Crippen molar-refractivity contribution in [3.63, 3.8) is 0 Å². The summed E-state index contributed by atoms with van der Waals surface area (Å²) >= 11 is 0. The molecule has 2 aliphatic rings. The lowest BCUT2D eigenvalue weighted by Crippen LogP contribution is -2.29. The van der Waals surface area contributed by atoms with Crippen LogP contribution in [0.4, 0.5) is 0 Å². The molecule has 0 radical (unpaired) electrons. The lowest BCUT2D eigenvalue weighted by atomic mass is 9.40. The van der Waals surface area contributed by atoms with Crippen molar-refractivity contribution in [2.24, 2.45) is 5.41 Å². The molecule has 0 amide bonds. The fourth-order valence-electron chi connectivity index (χ4n) is 2.42. The van der Waals surface area contributed by atoms with Crippen LogP contribution in [-0.4, -0.2) is 19.9 Å². The Kier molecular flexibility index (Phi) is 1.96. The Morgan fingerprint density at radius 2 is 1.91 bits per heavy atom. The Bertz CT molecular complexity index is 130. The second-order valence-electron chi connectivity index (χ2n) is 4.49. The summed E-state index contributed by atoms with van der Waals surface area (Å²) in [4.78, 5) is 0. The molecule has 2 heteroatoms. The first-order valence-corrected chi connectivity index (χ1v) is 4.89. The zero-order valence-corrected chi connectivity index (χ0v) is 7.44. The molecular formula is C9H17BO. The van der Waals surface area contributed by atoms with Crippen molar-refractivity contribution < 1.29 is 4.74 Å². The van der Waals surface area contributed by atoms with Crippen molar-refractivity contribution >= 4 is 6.71 Å². The van der Waals surface area contributed by atoms with Crippen LogP contribution in [-0.2, 0) is 4.74 Å². The van der Waals surface area contributed by atoms with Crippen LogP contribution in [0, 0.1) is 5.41 Å². The van der Waals surface area contributed by atoms with E-state index in [1.54, 1.807) is 0 Å². The van der Waals surface area contributed by atoms with Gasteiger partial charge in [0.05, 0.1) is 6.61 Å². The van der Waals surface area contributed by atoms with Gasteiger partial charge in [0.25, 0.3) is 0 Å². The third kappa shape index (κ3) is 1.46. The molecule has 1 spiro atoms. The molecule has 1 nitrogen and oxygen atoms in total. The second kappa shape index (κ2) is 2.82. The summed E-state index contributed by atoms with van der Waals surface area (Å²) in [5, 5.41) is 0. The first-order chi connectivity index (χ1) is 5.31. The summed E-state index contributed by atoms with van der Waals surface area (Å²) < 4.78 is 5.47. The number of hydrogen-bond acceptors (Lipinski definition) is 1. The van der Waals surface area contributed by atoms with E-state index in [1.807, 2.05) is 0 Å². The van der Waals surface area contributed by atoms with E-state index < -0.39 is 0 Å². The molecule has 0 bridgehead atoms. The lowest BCUT2D eigenvalue weighted by molar-refractivity contribution is 0.143. The molecule has 0 aromatic heterocycles. The van der Waals surface area contributed by atoms with Gasteiger partial charge in [-0.3, -0.25) is 0 Å². The molecule has 0 aliphatic carbocycles. The van der Waals surface area contributed by atoms with Crippen LogP contribution in [0.5, 0.6) is 0 Å². The standard InChI is InChI=1S/C9H17BO/c1-10-5-2-9(3-6-10)4-7-11-8-9/h2-8H2,1H3. The molecule has 2 aliphatic heterocycles. The summed E-state index contributed by atoms with van der Waals surface area (Å²) in [6.45, 7) is 5.43. The van der Waals surface area contributed by atoms with Gasteiger partial charge in [-0.2, -0.15) is 0 Å². The molecule has 0 saturated carbocycles. The van der Waals surface area contributed by atoms with E-state index in [1.165, 1.54) is 31.9 Å². The molecule has 0 atom stereocenters. The van der Waals surface area contributed by atoms with Gasteiger partial charge in [-0.25, -0.2) is 0 Å². The Morgan fingerprint density at radius 3 is 2.45 bits per heavy atom. The van der Waals surface area contributed by atoms with Crippen LogP contribution < -0.4 is 0 Å². The van der Waals surface area contributed by atoms with Crippen molar-refractivity contribution in [2.75, 3.05) is 13.2 Å². The van der Waals surface area contributed by atoms with Crippen LogP contribution in [0.3, 0.4) is 0 Å². The predicted molar refractivity (Wildman–Crippen MR) is 48.3 cm³/mol. The van der Waals surface area contributed by atoms with Gasteiger partial charge in [0, 0.05) is 6.61 Å². The highest BCUT2D eigenvalue weighted by atomic mass is 16.5. The van der Waals surface area contributed by atoms with Gasteiger partial charge in [0.2, 0.25) is 0 Å². The Morgan fingerprint density at radius 1 is 1.18 bits per heavy atom. The molecule has 0 N–H and O–H groups in total. The van der Waals surface area contributed by atoms with E-state index in [4.69, 9.17) is 4.74 Å². The van der Waals surface area contributed by atoms with Crippen LogP contribution in [0.25, 0.3) is 0 Å². The zero-order valence-electron chi connectivity index (χ0n) is 7.44. The van der Waals surface area contributed by atoms with E-state index in [-0.39, 0.29) is 0 Å². The molecule has 2 rings (SSSR count). The first-order valence-electron chi connectivity index (χ1n) is 4.89. The highest BCUT2D eigenvalue weighted by Crippen LogP contribution is 2.42. The van der Waals surface area contributed by atoms with Gasteiger partial charge in [0.1, 0.15) is 6.71 Å². The average molecular weight is 152 g/mol. The molecule has 62 valence electrons. The van der Waals surface area contributed by atoms with E-state index in [2.05, 4.69) is 6.82 Å². The Balaban J connectivity index is 1.94. The van der Waals surface area contributed by atoms with Gasteiger partial charge in [-0.05, 0) is 11.8 Å². The normalized spacial score (nSPS) is 29.7. The van der Waals surface area contributed by atoms with Crippen LogP contribution in [0.2, 0.25) is 19.5 Å². The van der Waals surface area contributed by atoms with Gasteiger partial charge in [-0.1, -0.05) is 32.3 Å². The average Bonchev–Trinajstić information content (AvgIpc) is 2.45. The molecule has 0 aromatic carbocycles. The maximum Gasteiger partial charge on any atom is 0.136 e. The van der Waals surface area contributed by atoms with E-state index in [0.717, 1.165) is 19.9 Å². The van der Waals surface area contributed by atoms with Crippen molar-refractivity contribution in [3.8, 4) is 0 Å². The summed E-state index contributed by atoms with van der Waals surface area (Å²) in [6, 6.07) is 0. The lowest BCUT2D eigenvalue weighted by Gasteiger charge is -2.33. The molecule has 2 heterocycles. The fraction of sp³-hybridized carbons (Fsp3) is 1.00. The molecule has 2 fully saturated rings. The summed E-state index contributed by atoms with van der Waals surface area (Å²) in [7, 11) is 0. The first kappa shape index (κ1) is 7.66. The number of hydrogen-bond donors (Lipinski definition) is 0. The number of rotatable bonds is 0. The molecule has 0 aromatic rings. The molecule has 2 saturated heterocycles. The van der Waals surface area contributed by atoms with Gasteiger partial charge < -0.3 is 4.74 Å². The van der Waals surface area contributed by atoms with Crippen LogP contribution in [0.15, 0.2) is 0 Å². The smallest absolute Gasteiger partial charge is 0.136 e. The minimum atomic E-state index is 0.631. The van der Waals surface area contributed by atoms with Gasteiger partial charge in [-0.15, -0.1) is 0 Å². The summed E-state index contributed by atoms with van der Waals surface area (Å²) in [6.07, 6.45) is 7.05. The topological polar surface area (TPSA) is 9.23 Å². The minimum Gasteiger partial charge on any atom is -0.381 e. The van der Waals surface area contributed by atoms with Crippen molar-refractivity contribution in [1.29, 1.82) is 0 Å². The van der Waals surface area contributed by atoms with Gasteiger partial charge >= 0.3 is 0 Å². The summed E-state index contributed by atoms with van der Waals surface area (Å²) in [5.74, 6) is 0. The van der Waals surface area contributed by atoms with Crippen molar-refractivity contribution in [2.45, 2.75) is 38.7 Å². The van der Waals surface area contributed by atoms with Gasteiger partial charge in [0.15, 0.2) is 0 Å². The highest BCUT2D eigenvalue weighted by molar-refractivity contribution is 6.57. The zero-order chi connectivity index (χ0) is 7.73. The van der Waals surface area contributed by atoms with Crippen LogP contribution >= 0.6 is 0 Å². The SMILES string of the molecule is CB1CCC2(CCOC2)CC1. The Hall–Kier alpha value is 0.0249. The van der Waals surface area contributed by atoms with E-state index >= 15 is 0 Å². The minimum absolute atomic E-state index is 0.631. The fourth-order valence-corrected chi connectivity index (χ4v) is 2.42. The third-order valence-corrected chi connectivity index (χ3v) is 3.52. The molecule has 11 heavy (non-hydrogen) atoms. The Labute approximate surface area is 69.6 Å². The number of ether oxygens (including phenoxy) is 1. The van der Waals surface area contributed by atoms with Crippen molar-refractivity contribution in [3.05, 3.63) is 0 Å².